The molecule has 1 N–H and O–H groups in total. The number of anilines is 1. The molecule has 8 aromatic rings. The van der Waals surface area contributed by atoms with Crippen molar-refractivity contribution in [3.63, 3.8) is 0 Å². The molecule has 0 saturated carbocycles. The number of rotatable bonds is 1. The van der Waals surface area contributed by atoms with Crippen molar-refractivity contribution in [2.24, 2.45) is 4.99 Å². The molecule has 0 spiro atoms. The van der Waals surface area contributed by atoms with Gasteiger partial charge in [0, 0.05) is 32.8 Å². The third-order valence-corrected chi connectivity index (χ3v) is 8.83. The van der Waals surface area contributed by atoms with Gasteiger partial charge in [-0.25, -0.2) is 4.99 Å². The second-order valence-corrected chi connectivity index (χ2v) is 10.8. The Labute approximate surface area is 229 Å². The van der Waals surface area contributed by atoms with Gasteiger partial charge in [-0.2, -0.15) is 0 Å². The highest BCUT2D eigenvalue weighted by atomic mass is 15.2. The largest absolute Gasteiger partial charge is 0.358 e. The van der Waals surface area contributed by atoms with Crippen LogP contribution < -0.4 is 5.32 Å². The molecule has 0 aliphatic carbocycles. The van der Waals surface area contributed by atoms with Crippen LogP contribution in [0.5, 0.6) is 0 Å². The molecule has 2 aliphatic rings. The summed E-state index contributed by atoms with van der Waals surface area (Å²) in [7, 11) is 0. The molecule has 1 atom stereocenters. The first kappa shape index (κ1) is 20.6. The smallest absolute Gasteiger partial charge is 0.148 e. The van der Waals surface area contributed by atoms with E-state index in [1.807, 2.05) is 0 Å². The molecule has 186 valence electrons. The lowest BCUT2D eigenvalue weighted by molar-refractivity contribution is 0.781. The van der Waals surface area contributed by atoms with Crippen molar-refractivity contribution in [1.29, 1.82) is 0 Å². The molecule has 1 unspecified atom stereocenters. The highest BCUT2D eigenvalue weighted by Gasteiger charge is 2.37. The first-order valence-corrected chi connectivity index (χ1v) is 13.8. The van der Waals surface area contributed by atoms with E-state index >= 15 is 0 Å². The molecular weight excluding hydrogens is 488 g/mol. The van der Waals surface area contributed by atoms with Gasteiger partial charge in [-0.05, 0) is 53.2 Å². The van der Waals surface area contributed by atoms with Gasteiger partial charge in [0.25, 0.3) is 0 Å². The van der Waals surface area contributed by atoms with Gasteiger partial charge in [0.1, 0.15) is 6.17 Å². The fourth-order valence-corrected chi connectivity index (χ4v) is 7.27. The van der Waals surface area contributed by atoms with Crippen LogP contribution >= 0.6 is 0 Å². The van der Waals surface area contributed by atoms with Crippen molar-refractivity contribution in [2.75, 3.05) is 5.32 Å². The molecule has 40 heavy (non-hydrogen) atoms. The summed E-state index contributed by atoms with van der Waals surface area (Å²) >= 11 is 0. The Morgan fingerprint density at radius 1 is 0.600 bits per heavy atom. The Kier molecular flexibility index (Phi) is 3.70. The Morgan fingerprint density at radius 2 is 1.38 bits per heavy atom. The lowest BCUT2D eigenvalue weighted by Crippen LogP contribution is -2.25. The lowest BCUT2D eigenvalue weighted by Gasteiger charge is -2.25. The van der Waals surface area contributed by atoms with E-state index in [0.717, 1.165) is 17.1 Å². The van der Waals surface area contributed by atoms with E-state index in [9.17, 15) is 0 Å². The van der Waals surface area contributed by atoms with Crippen LogP contribution in [0.4, 0.5) is 11.4 Å². The summed E-state index contributed by atoms with van der Waals surface area (Å²) in [5.74, 6) is 0. The zero-order valence-electron chi connectivity index (χ0n) is 21.5. The Hall–Kier alpha value is -5.35. The standard InChI is InChI=1S/C36H22N4/c1-2-11-22(12-3-1)39-29-17-9-6-14-24(29)32-30(39)19-18-25-31-23-13-5-4-10-21(23)20-26-33-36(40(34(25)32)35(26)31)38-28-16-8-7-15-27(28)37-33/h1-20,36,38H. The van der Waals surface area contributed by atoms with Crippen molar-refractivity contribution < 1.29 is 0 Å². The lowest BCUT2D eigenvalue weighted by atomic mass is 9.97. The molecule has 0 fully saturated rings. The number of hydrogen-bond acceptors (Lipinski definition) is 2. The summed E-state index contributed by atoms with van der Waals surface area (Å²) in [5, 5.41) is 11.6. The van der Waals surface area contributed by atoms with Gasteiger partial charge in [0.05, 0.1) is 39.2 Å². The third-order valence-electron chi connectivity index (χ3n) is 8.83. The molecule has 0 amide bonds. The number of nitrogens with zero attached hydrogens (tertiary/aromatic N) is 3. The van der Waals surface area contributed by atoms with Gasteiger partial charge < -0.3 is 14.5 Å². The van der Waals surface area contributed by atoms with Crippen molar-refractivity contribution in [3.05, 3.63) is 127 Å². The SMILES string of the molecule is c1ccc(-n2c3ccccc3c3c2ccc2c4c5ccccc5cc5c4n(c23)C2Nc3ccccc3N=C52)cc1. The Balaban J connectivity index is 1.45. The van der Waals surface area contributed by atoms with E-state index < -0.39 is 0 Å². The second kappa shape index (κ2) is 7.19. The fourth-order valence-electron chi connectivity index (χ4n) is 7.27. The number of fused-ring (bicyclic) bond motifs is 13. The first-order valence-electron chi connectivity index (χ1n) is 13.8. The van der Waals surface area contributed by atoms with Gasteiger partial charge in [-0.1, -0.05) is 78.9 Å². The number of aromatic nitrogens is 2. The molecule has 2 aromatic heterocycles. The summed E-state index contributed by atoms with van der Waals surface area (Å²) < 4.78 is 4.94. The minimum absolute atomic E-state index is 0.0776. The zero-order valence-corrected chi connectivity index (χ0v) is 21.5. The van der Waals surface area contributed by atoms with E-state index in [1.165, 1.54) is 65.6 Å². The number of para-hydroxylation sites is 4. The normalized spacial score (nSPS) is 15.6. The number of aliphatic imine (C=N–C) groups is 1. The van der Waals surface area contributed by atoms with Crippen molar-refractivity contribution in [1.82, 2.24) is 9.13 Å². The summed E-state index contributed by atoms with van der Waals surface area (Å²) in [4.78, 5) is 5.26. The predicted octanol–water partition coefficient (Wildman–Crippen LogP) is 9.10. The number of benzene rings is 6. The number of nitrogens with one attached hydrogen (secondary N) is 1. The Morgan fingerprint density at radius 3 is 2.30 bits per heavy atom. The maximum Gasteiger partial charge on any atom is 0.148 e. The van der Waals surface area contributed by atoms with Crippen LogP contribution in [0.1, 0.15) is 11.7 Å². The van der Waals surface area contributed by atoms with Gasteiger partial charge in [0.2, 0.25) is 0 Å². The topological polar surface area (TPSA) is 34.2 Å². The highest BCUT2D eigenvalue weighted by Crippen LogP contribution is 2.50. The molecule has 10 rings (SSSR count). The second-order valence-electron chi connectivity index (χ2n) is 10.8. The fraction of sp³-hybridized carbons (Fsp3) is 0.0278. The van der Waals surface area contributed by atoms with Crippen LogP contribution in [-0.2, 0) is 0 Å². The van der Waals surface area contributed by atoms with E-state index in [1.54, 1.807) is 0 Å². The minimum Gasteiger partial charge on any atom is -0.358 e. The average Bonchev–Trinajstić information content (AvgIpc) is 3.64. The average molecular weight is 511 g/mol. The quantitative estimate of drug-likeness (QED) is 0.235. The molecule has 0 bridgehead atoms. The van der Waals surface area contributed by atoms with Crippen LogP contribution in [0.3, 0.4) is 0 Å². The predicted molar refractivity (Wildman–Crippen MR) is 167 cm³/mol. The van der Waals surface area contributed by atoms with Gasteiger partial charge in [-0.3, -0.25) is 0 Å². The first-order chi connectivity index (χ1) is 19.9. The maximum atomic E-state index is 5.26. The van der Waals surface area contributed by atoms with Crippen LogP contribution in [0.15, 0.2) is 126 Å². The maximum absolute atomic E-state index is 5.26. The molecule has 4 heterocycles. The summed E-state index contributed by atoms with van der Waals surface area (Å²) in [6.07, 6.45) is -0.0776. The van der Waals surface area contributed by atoms with Crippen LogP contribution in [0, 0.1) is 0 Å². The van der Waals surface area contributed by atoms with Crippen molar-refractivity contribution >= 4 is 71.5 Å². The molecule has 4 nitrogen and oxygen atoms in total. The van der Waals surface area contributed by atoms with Gasteiger partial charge in [-0.15, -0.1) is 0 Å². The number of hydrogen-bond donors (Lipinski definition) is 1. The van der Waals surface area contributed by atoms with E-state index in [0.29, 0.717) is 0 Å². The van der Waals surface area contributed by atoms with E-state index in [4.69, 9.17) is 4.99 Å². The molecule has 2 aliphatic heterocycles. The highest BCUT2D eigenvalue weighted by molar-refractivity contribution is 6.35. The molecule has 0 radical (unpaired) electrons. The Bertz CT molecular complexity index is 2410. The molecule has 4 heteroatoms. The van der Waals surface area contributed by atoms with Crippen molar-refractivity contribution in [2.45, 2.75) is 6.17 Å². The van der Waals surface area contributed by atoms with E-state index in [2.05, 4.69) is 136 Å². The third kappa shape index (κ3) is 2.40. The van der Waals surface area contributed by atoms with Gasteiger partial charge in [0.15, 0.2) is 0 Å². The molecule has 0 saturated heterocycles. The zero-order chi connectivity index (χ0) is 25.9. The summed E-state index contributed by atoms with van der Waals surface area (Å²) in [6, 6.07) is 43.7. The van der Waals surface area contributed by atoms with Gasteiger partial charge >= 0.3 is 0 Å². The van der Waals surface area contributed by atoms with Crippen LogP contribution in [0.2, 0.25) is 0 Å². The summed E-state index contributed by atoms with van der Waals surface area (Å²) in [5.41, 5.74) is 10.5. The monoisotopic (exact) mass is 510 g/mol. The minimum atomic E-state index is -0.0776. The summed E-state index contributed by atoms with van der Waals surface area (Å²) in [6.45, 7) is 0. The van der Waals surface area contributed by atoms with Crippen LogP contribution in [-0.4, -0.2) is 14.8 Å². The van der Waals surface area contributed by atoms with Crippen molar-refractivity contribution in [3.8, 4) is 5.69 Å². The molecule has 6 aromatic carbocycles. The molecular formula is C36H22N4. The van der Waals surface area contributed by atoms with E-state index in [-0.39, 0.29) is 6.17 Å². The van der Waals surface area contributed by atoms with Crippen LogP contribution in [0.25, 0.3) is 60.1 Å².